The van der Waals surface area contributed by atoms with Gasteiger partial charge < -0.3 is 10.0 Å². The minimum atomic E-state index is -0.570. The lowest BCUT2D eigenvalue weighted by Gasteiger charge is -2.20. The monoisotopic (exact) mass is 273 g/mol. The fraction of sp³-hybridized carbons (Fsp3) is 0.471. The zero-order valence-corrected chi connectivity index (χ0v) is 12.1. The number of nitrogens with zero attached hydrogens (tertiary/aromatic N) is 1. The summed E-state index contributed by atoms with van der Waals surface area (Å²) in [5.41, 5.74) is 2.63. The van der Waals surface area contributed by atoms with Crippen LogP contribution in [0.25, 0.3) is 0 Å². The lowest BCUT2D eigenvalue weighted by Crippen LogP contribution is -2.33. The Morgan fingerprint density at radius 2 is 2.15 bits per heavy atom. The maximum atomic E-state index is 11.5. The topological polar surface area (TPSA) is 40.5 Å². The first-order chi connectivity index (χ1) is 9.66. The molecule has 1 N–H and O–H groups in total. The van der Waals surface area contributed by atoms with Crippen molar-refractivity contribution in [3.05, 3.63) is 47.5 Å². The molecule has 0 bridgehead atoms. The van der Waals surface area contributed by atoms with Crippen LogP contribution in [0.15, 0.2) is 42.0 Å². The molecule has 0 aromatic heterocycles. The Balaban J connectivity index is 1.73. The van der Waals surface area contributed by atoms with Gasteiger partial charge in [-0.05, 0) is 31.7 Å². The molecule has 0 saturated carbocycles. The fourth-order valence-electron chi connectivity index (χ4n) is 2.52. The molecule has 0 radical (unpaired) electrons. The molecule has 1 aliphatic rings. The zero-order valence-electron chi connectivity index (χ0n) is 12.1. The minimum Gasteiger partial charge on any atom is -0.374 e. The van der Waals surface area contributed by atoms with E-state index in [4.69, 9.17) is 0 Å². The van der Waals surface area contributed by atoms with E-state index >= 15 is 0 Å². The fourth-order valence-corrected chi connectivity index (χ4v) is 2.52. The SMILES string of the molecule is CC(=CCCc1ccccc1)CCN1C(=O)CCC1O. The Hall–Kier alpha value is -1.61. The minimum absolute atomic E-state index is 0.0783. The number of carbonyl (C=O) groups is 1. The third-order valence-corrected chi connectivity index (χ3v) is 3.81. The second-order valence-corrected chi connectivity index (χ2v) is 5.43. The Kier molecular flexibility index (Phi) is 5.36. The van der Waals surface area contributed by atoms with Gasteiger partial charge >= 0.3 is 0 Å². The molecule has 1 atom stereocenters. The largest absolute Gasteiger partial charge is 0.374 e. The van der Waals surface area contributed by atoms with Crippen molar-refractivity contribution in [1.82, 2.24) is 4.90 Å². The highest BCUT2D eigenvalue weighted by atomic mass is 16.3. The van der Waals surface area contributed by atoms with Gasteiger partial charge in [0.2, 0.25) is 5.91 Å². The number of likely N-dealkylation sites (tertiary alicyclic amines) is 1. The van der Waals surface area contributed by atoms with Crippen molar-refractivity contribution in [3.63, 3.8) is 0 Å². The number of aryl methyl sites for hydroxylation is 1. The number of hydrogen-bond acceptors (Lipinski definition) is 2. The van der Waals surface area contributed by atoms with E-state index in [0.29, 0.717) is 19.4 Å². The predicted molar refractivity (Wildman–Crippen MR) is 80.1 cm³/mol. The van der Waals surface area contributed by atoms with Crippen LogP contribution in [-0.2, 0) is 11.2 Å². The summed E-state index contributed by atoms with van der Waals surface area (Å²) < 4.78 is 0. The number of amides is 1. The van der Waals surface area contributed by atoms with Crippen molar-refractivity contribution >= 4 is 5.91 Å². The summed E-state index contributed by atoms with van der Waals surface area (Å²) in [6, 6.07) is 10.4. The third-order valence-electron chi connectivity index (χ3n) is 3.81. The van der Waals surface area contributed by atoms with Gasteiger partial charge in [-0.1, -0.05) is 42.0 Å². The standard InChI is InChI=1S/C17H23NO2/c1-14(6-5-9-15-7-3-2-4-8-15)12-13-18-16(19)10-11-17(18)20/h2-4,6-8,16,19H,5,9-13H2,1H3. The Morgan fingerprint density at radius 1 is 1.40 bits per heavy atom. The van der Waals surface area contributed by atoms with Crippen molar-refractivity contribution in [3.8, 4) is 0 Å². The molecule has 1 fully saturated rings. The van der Waals surface area contributed by atoms with Crippen molar-refractivity contribution in [2.75, 3.05) is 6.54 Å². The van der Waals surface area contributed by atoms with E-state index in [0.717, 1.165) is 19.3 Å². The Labute approximate surface area is 120 Å². The van der Waals surface area contributed by atoms with Crippen LogP contribution in [0.5, 0.6) is 0 Å². The van der Waals surface area contributed by atoms with E-state index < -0.39 is 6.23 Å². The molecule has 0 spiro atoms. The molecule has 3 nitrogen and oxygen atoms in total. The summed E-state index contributed by atoms with van der Waals surface area (Å²) in [4.78, 5) is 13.1. The van der Waals surface area contributed by atoms with E-state index in [2.05, 4.69) is 37.3 Å². The van der Waals surface area contributed by atoms with Crippen LogP contribution in [0.2, 0.25) is 0 Å². The van der Waals surface area contributed by atoms with E-state index in [1.54, 1.807) is 4.90 Å². The van der Waals surface area contributed by atoms with Crippen LogP contribution in [-0.4, -0.2) is 28.7 Å². The molecule has 1 aromatic rings. The van der Waals surface area contributed by atoms with E-state index in [1.807, 2.05) is 6.07 Å². The maximum absolute atomic E-state index is 11.5. The van der Waals surface area contributed by atoms with Gasteiger partial charge in [-0.25, -0.2) is 0 Å². The number of aliphatic hydroxyl groups excluding tert-OH is 1. The molecule has 0 aliphatic carbocycles. The number of rotatable bonds is 6. The van der Waals surface area contributed by atoms with Crippen molar-refractivity contribution in [1.29, 1.82) is 0 Å². The quantitative estimate of drug-likeness (QED) is 0.810. The maximum Gasteiger partial charge on any atom is 0.224 e. The number of benzene rings is 1. The predicted octanol–water partition coefficient (Wildman–Crippen LogP) is 2.90. The van der Waals surface area contributed by atoms with E-state index in [-0.39, 0.29) is 5.91 Å². The van der Waals surface area contributed by atoms with Gasteiger partial charge in [0.05, 0.1) is 0 Å². The summed E-state index contributed by atoms with van der Waals surface area (Å²) >= 11 is 0. The van der Waals surface area contributed by atoms with Gasteiger partial charge in [0.25, 0.3) is 0 Å². The molecular formula is C17H23NO2. The average Bonchev–Trinajstić information content (AvgIpc) is 2.77. The molecule has 1 amide bonds. The highest BCUT2D eigenvalue weighted by Crippen LogP contribution is 2.18. The van der Waals surface area contributed by atoms with Crippen molar-refractivity contribution in [2.45, 2.75) is 45.3 Å². The molecular weight excluding hydrogens is 250 g/mol. The first-order valence-electron chi connectivity index (χ1n) is 7.34. The summed E-state index contributed by atoms with van der Waals surface area (Å²) in [6.45, 7) is 2.73. The highest BCUT2D eigenvalue weighted by molar-refractivity contribution is 5.78. The summed E-state index contributed by atoms with van der Waals surface area (Å²) in [6.07, 6.45) is 5.64. The van der Waals surface area contributed by atoms with Crippen LogP contribution in [0.4, 0.5) is 0 Å². The second-order valence-electron chi connectivity index (χ2n) is 5.43. The van der Waals surface area contributed by atoms with Crippen molar-refractivity contribution < 1.29 is 9.90 Å². The van der Waals surface area contributed by atoms with E-state index in [9.17, 15) is 9.90 Å². The number of hydrogen-bond donors (Lipinski definition) is 1. The van der Waals surface area contributed by atoms with Gasteiger partial charge in [-0.2, -0.15) is 0 Å². The highest BCUT2D eigenvalue weighted by Gasteiger charge is 2.28. The molecule has 3 heteroatoms. The first-order valence-corrected chi connectivity index (χ1v) is 7.34. The van der Waals surface area contributed by atoms with Crippen LogP contribution >= 0.6 is 0 Å². The summed E-state index contributed by atoms with van der Waals surface area (Å²) in [5, 5.41) is 9.68. The van der Waals surface area contributed by atoms with Crippen LogP contribution in [0, 0.1) is 0 Å². The van der Waals surface area contributed by atoms with Gasteiger partial charge in [0.15, 0.2) is 0 Å². The van der Waals surface area contributed by atoms with E-state index in [1.165, 1.54) is 11.1 Å². The first kappa shape index (κ1) is 14.8. The average molecular weight is 273 g/mol. The zero-order chi connectivity index (χ0) is 14.4. The molecule has 1 saturated heterocycles. The lowest BCUT2D eigenvalue weighted by molar-refractivity contribution is -0.133. The van der Waals surface area contributed by atoms with Gasteiger partial charge in [0.1, 0.15) is 6.23 Å². The van der Waals surface area contributed by atoms with Gasteiger partial charge in [-0.3, -0.25) is 4.79 Å². The second kappa shape index (κ2) is 7.25. The molecule has 1 unspecified atom stereocenters. The normalized spacial score (nSPS) is 19.7. The molecule has 1 aromatic carbocycles. The lowest BCUT2D eigenvalue weighted by atomic mass is 10.1. The third kappa shape index (κ3) is 4.20. The molecule has 2 rings (SSSR count). The molecule has 108 valence electrons. The van der Waals surface area contributed by atoms with Gasteiger partial charge in [0, 0.05) is 19.4 Å². The molecule has 1 aliphatic heterocycles. The number of allylic oxidation sites excluding steroid dienone is 1. The van der Waals surface area contributed by atoms with Crippen LogP contribution < -0.4 is 0 Å². The van der Waals surface area contributed by atoms with Crippen LogP contribution in [0.3, 0.4) is 0 Å². The number of carbonyl (C=O) groups excluding carboxylic acids is 1. The molecule has 20 heavy (non-hydrogen) atoms. The Bertz CT molecular complexity index is 467. The van der Waals surface area contributed by atoms with Gasteiger partial charge in [-0.15, -0.1) is 0 Å². The Morgan fingerprint density at radius 3 is 2.80 bits per heavy atom. The smallest absolute Gasteiger partial charge is 0.224 e. The van der Waals surface area contributed by atoms with Crippen LogP contribution in [0.1, 0.15) is 38.2 Å². The van der Waals surface area contributed by atoms with Crippen molar-refractivity contribution in [2.24, 2.45) is 0 Å². The number of aliphatic hydroxyl groups is 1. The molecule has 1 heterocycles. The summed E-state index contributed by atoms with van der Waals surface area (Å²) in [7, 11) is 0. The summed E-state index contributed by atoms with van der Waals surface area (Å²) in [5.74, 6) is 0.0783.